The minimum absolute atomic E-state index is 0.00479. The topological polar surface area (TPSA) is 99.7 Å². The maximum absolute atomic E-state index is 11.2. The van der Waals surface area contributed by atoms with E-state index in [9.17, 15) is 4.79 Å². The molecule has 1 rings (SSSR count). The molecule has 0 aromatic heterocycles. The monoisotopic (exact) mass is 208 g/mol. The first-order chi connectivity index (χ1) is 7.22. The van der Waals surface area contributed by atoms with Crippen LogP contribution in [0.15, 0.2) is 35.5 Å². The van der Waals surface area contributed by atoms with E-state index in [0.29, 0.717) is 5.69 Å². The number of urea groups is 1. The van der Waals surface area contributed by atoms with E-state index < -0.39 is 6.03 Å². The van der Waals surface area contributed by atoms with Gasteiger partial charge in [0.2, 0.25) is 0 Å². The summed E-state index contributed by atoms with van der Waals surface area (Å²) >= 11 is 0. The summed E-state index contributed by atoms with van der Waals surface area (Å²) in [7, 11) is 0. The highest BCUT2D eigenvalue weighted by atomic mass is 16.4. The summed E-state index contributed by atoms with van der Waals surface area (Å²) in [6.45, 7) is -0.00479. The van der Waals surface area contributed by atoms with Crippen molar-refractivity contribution in [3.63, 3.8) is 0 Å². The molecule has 0 aliphatic heterocycles. The standard InChI is InChI=1S/C9H12N4O2/c10-8(13-15)6-11-9(14)12-7-4-2-1-3-5-7/h1-5,15H,6H2,(H2,10,13)(H2,11,12,14). The third-order valence-corrected chi connectivity index (χ3v) is 1.59. The Morgan fingerprint density at radius 2 is 2.07 bits per heavy atom. The SMILES string of the molecule is N/C(CNC(=O)Nc1ccccc1)=N/O. The zero-order valence-corrected chi connectivity index (χ0v) is 7.97. The fourth-order valence-corrected chi connectivity index (χ4v) is 0.903. The Labute approximate surface area is 86.8 Å². The van der Waals surface area contributed by atoms with E-state index in [2.05, 4.69) is 15.8 Å². The molecule has 1 aromatic rings. The van der Waals surface area contributed by atoms with Gasteiger partial charge in [0.15, 0.2) is 5.84 Å². The molecule has 80 valence electrons. The number of rotatable bonds is 3. The van der Waals surface area contributed by atoms with Crippen molar-refractivity contribution in [3.8, 4) is 0 Å². The van der Waals surface area contributed by atoms with Crippen LogP contribution in [0.4, 0.5) is 10.5 Å². The number of nitrogens with one attached hydrogen (secondary N) is 2. The van der Waals surface area contributed by atoms with Crippen molar-refractivity contribution in [2.24, 2.45) is 10.9 Å². The van der Waals surface area contributed by atoms with E-state index in [1.165, 1.54) is 0 Å². The normalized spacial score (nSPS) is 10.8. The lowest BCUT2D eigenvalue weighted by molar-refractivity contribution is 0.253. The smallest absolute Gasteiger partial charge is 0.319 e. The van der Waals surface area contributed by atoms with E-state index in [-0.39, 0.29) is 12.4 Å². The number of hydrogen-bond acceptors (Lipinski definition) is 3. The number of benzene rings is 1. The van der Waals surface area contributed by atoms with Crippen molar-refractivity contribution >= 4 is 17.6 Å². The summed E-state index contributed by atoms with van der Waals surface area (Å²) in [5, 5.41) is 15.9. The number of carbonyl (C=O) groups excluding carboxylic acids is 1. The van der Waals surface area contributed by atoms with Gasteiger partial charge in [-0.3, -0.25) is 0 Å². The minimum Gasteiger partial charge on any atom is -0.409 e. The van der Waals surface area contributed by atoms with Gasteiger partial charge in [-0.2, -0.15) is 0 Å². The third-order valence-electron chi connectivity index (χ3n) is 1.59. The molecule has 15 heavy (non-hydrogen) atoms. The van der Waals surface area contributed by atoms with Crippen LogP contribution in [0.25, 0.3) is 0 Å². The van der Waals surface area contributed by atoms with Gasteiger partial charge in [0, 0.05) is 5.69 Å². The Kier molecular flexibility index (Phi) is 3.96. The summed E-state index contributed by atoms with van der Waals surface area (Å²) in [5.41, 5.74) is 5.85. The number of nitrogens with two attached hydrogens (primary N) is 1. The van der Waals surface area contributed by atoms with Gasteiger partial charge < -0.3 is 21.6 Å². The number of anilines is 1. The van der Waals surface area contributed by atoms with Crippen LogP contribution in [0.5, 0.6) is 0 Å². The van der Waals surface area contributed by atoms with Gasteiger partial charge >= 0.3 is 6.03 Å². The second kappa shape index (κ2) is 5.48. The first-order valence-corrected chi connectivity index (χ1v) is 4.28. The molecule has 0 saturated carbocycles. The van der Waals surface area contributed by atoms with Gasteiger partial charge in [-0.05, 0) is 12.1 Å². The first-order valence-electron chi connectivity index (χ1n) is 4.28. The molecule has 0 radical (unpaired) electrons. The second-order valence-corrected chi connectivity index (χ2v) is 2.77. The zero-order valence-electron chi connectivity index (χ0n) is 7.97. The molecule has 0 heterocycles. The van der Waals surface area contributed by atoms with Crippen LogP contribution >= 0.6 is 0 Å². The van der Waals surface area contributed by atoms with Gasteiger partial charge in [-0.25, -0.2) is 4.79 Å². The first kappa shape index (κ1) is 10.8. The minimum atomic E-state index is -0.409. The van der Waals surface area contributed by atoms with Gasteiger partial charge in [-0.1, -0.05) is 23.4 Å². The summed E-state index contributed by atoms with van der Waals surface area (Å²) in [6.07, 6.45) is 0. The lowest BCUT2D eigenvalue weighted by Crippen LogP contribution is -2.36. The molecule has 0 saturated heterocycles. The lowest BCUT2D eigenvalue weighted by atomic mass is 10.3. The highest BCUT2D eigenvalue weighted by Crippen LogP contribution is 2.03. The number of carbonyl (C=O) groups is 1. The molecule has 1 aromatic carbocycles. The predicted octanol–water partition coefficient (Wildman–Crippen LogP) is 0.554. The lowest BCUT2D eigenvalue weighted by Gasteiger charge is -2.06. The van der Waals surface area contributed by atoms with E-state index in [1.54, 1.807) is 24.3 Å². The number of nitrogens with zero attached hydrogens (tertiary/aromatic N) is 1. The van der Waals surface area contributed by atoms with Crippen molar-refractivity contribution in [2.45, 2.75) is 0 Å². The highest BCUT2D eigenvalue weighted by Gasteiger charge is 2.01. The van der Waals surface area contributed by atoms with Crippen LogP contribution in [-0.2, 0) is 0 Å². The molecule has 6 nitrogen and oxygen atoms in total. The van der Waals surface area contributed by atoms with Crippen LogP contribution in [0.3, 0.4) is 0 Å². The van der Waals surface area contributed by atoms with Crippen LogP contribution in [-0.4, -0.2) is 23.6 Å². The number of amidine groups is 1. The summed E-state index contributed by atoms with van der Waals surface area (Å²) in [5.74, 6) is -0.0572. The van der Waals surface area contributed by atoms with Gasteiger partial charge in [0.1, 0.15) is 0 Å². The number of oxime groups is 1. The number of hydrogen-bond donors (Lipinski definition) is 4. The largest absolute Gasteiger partial charge is 0.409 e. The molecule has 0 aliphatic rings. The van der Waals surface area contributed by atoms with Crippen LogP contribution in [0.1, 0.15) is 0 Å². The molecule has 2 amide bonds. The summed E-state index contributed by atoms with van der Waals surface area (Å²) in [6, 6.07) is 8.55. The molecular formula is C9H12N4O2. The number of amides is 2. The van der Waals surface area contributed by atoms with Crippen molar-refractivity contribution in [3.05, 3.63) is 30.3 Å². The quantitative estimate of drug-likeness (QED) is 0.252. The van der Waals surface area contributed by atoms with Gasteiger partial charge in [-0.15, -0.1) is 0 Å². The molecule has 0 spiro atoms. The maximum atomic E-state index is 11.2. The molecule has 0 fully saturated rings. The van der Waals surface area contributed by atoms with Gasteiger partial charge in [0.05, 0.1) is 6.54 Å². The number of para-hydroxylation sites is 1. The molecule has 0 atom stereocenters. The van der Waals surface area contributed by atoms with Gasteiger partial charge in [0.25, 0.3) is 0 Å². The fourth-order valence-electron chi connectivity index (χ4n) is 0.903. The molecule has 5 N–H and O–H groups in total. The van der Waals surface area contributed by atoms with Crippen LogP contribution in [0, 0.1) is 0 Å². The molecule has 0 bridgehead atoms. The average molecular weight is 208 g/mol. The summed E-state index contributed by atoms with van der Waals surface area (Å²) in [4.78, 5) is 11.2. The van der Waals surface area contributed by atoms with Crippen molar-refractivity contribution in [1.29, 1.82) is 0 Å². The third kappa shape index (κ3) is 3.99. The Morgan fingerprint density at radius 1 is 1.40 bits per heavy atom. The molecule has 0 unspecified atom stereocenters. The Balaban J connectivity index is 2.37. The maximum Gasteiger partial charge on any atom is 0.319 e. The predicted molar refractivity (Wildman–Crippen MR) is 56.9 cm³/mol. The Hall–Kier alpha value is -2.24. The fraction of sp³-hybridized carbons (Fsp3) is 0.111. The van der Waals surface area contributed by atoms with E-state index in [1.807, 2.05) is 6.07 Å². The molecular weight excluding hydrogens is 196 g/mol. The van der Waals surface area contributed by atoms with Crippen LogP contribution in [0.2, 0.25) is 0 Å². The van der Waals surface area contributed by atoms with Crippen LogP contribution < -0.4 is 16.4 Å². The zero-order chi connectivity index (χ0) is 11.1. The molecule has 0 aliphatic carbocycles. The van der Waals surface area contributed by atoms with E-state index >= 15 is 0 Å². The van der Waals surface area contributed by atoms with Crippen molar-refractivity contribution < 1.29 is 10.0 Å². The van der Waals surface area contributed by atoms with Crippen molar-refractivity contribution in [1.82, 2.24) is 5.32 Å². The second-order valence-electron chi connectivity index (χ2n) is 2.77. The van der Waals surface area contributed by atoms with E-state index in [0.717, 1.165) is 0 Å². The molecule has 6 heteroatoms. The summed E-state index contributed by atoms with van der Waals surface area (Å²) < 4.78 is 0. The Morgan fingerprint density at radius 3 is 2.67 bits per heavy atom. The van der Waals surface area contributed by atoms with Crippen molar-refractivity contribution in [2.75, 3.05) is 11.9 Å². The average Bonchev–Trinajstić information content (AvgIpc) is 2.27. The van der Waals surface area contributed by atoms with E-state index in [4.69, 9.17) is 10.9 Å². The Bertz CT molecular complexity index is 350. The highest BCUT2D eigenvalue weighted by molar-refractivity contribution is 5.92.